The molecule has 1 fully saturated rings. The molecular weight excluding hydrogens is 224 g/mol. The molecule has 1 amide bonds. The largest absolute Gasteiger partial charge is 0.378 e. The molecule has 0 aromatic carbocycles. The Morgan fingerprint density at radius 1 is 1.75 bits per heavy atom. The maximum atomic E-state index is 11.6. The van der Waals surface area contributed by atoms with Crippen molar-refractivity contribution in [1.82, 2.24) is 4.37 Å². The van der Waals surface area contributed by atoms with Crippen LogP contribution in [0.25, 0.3) is 0 Å². The third kappa shape index (κ3) is 3.28. The van der Waals surface area contributed by atoms with Crippen LogP contribution >= 0.6 is 11.5 Å². The van der Waals surface area contributed by atoms with Crippen molar-refractivity contribution in [1.29, 1.82) is 0 Å². The SMILES string of the molecule is Cc1cc(NC(=O)CC[C@H]2CCCO2)sn1. The summed E-state index contributed by atoms with van der Waals surface area (Å²) in [7, 11) is 0. The molecule has 1 N–H and O–H groups in total. The lowest BCUT2D eigenvalue weighted by atomic mass is 10.1. The summed E-state index contributed by atoms with van der Waals surface area (Å²) in [4.78, 5) is 11.6. The Bertz CT molecular complexity index is 359. The van der Waals surface area contributed by atoms with Gasteiger partial charge in [-0.05, 0) is 43.8 Å². The lowest BCUT2D eigenvalue weighted by Crippen LogP contribution is -2.14. The molecule has 0 unspecified atom stereocenters. The van der Waals surface area contributed by atoms with Crippen LogP contribution in [0.5, 0.6) is 0 Å². The van der Waals surface area contributed by atoms with Gasteiger partial charge in [-0.25, -0.2) is 0 Å². The zero-order chi connectivity index (χ0) is 11.4. The van der Waals surface area contributed by atoms with Crippen molar-refractivity contribution >= 4 is 22.4 Å². The Kier molecular flexibility index (Phi) is 3.90. The zero-order valence-corrected chi connectivity index (χ0v) is 10.2. The van der Waals surface area contributed by atoms with Gasteiger partial charge in [-0.15, -0.1) is 0 Å². The van der Waals surface area contributed by atoms with E-state index in [0.717, 1.165) is 36.6 Å². The molecule has 1 aliphatic heterocycles. The Morgan fingerprint density at radius 2 is 2.62 bits per heavy atom. The van der Waals surface area contributed by atoms with Crippen LogP contribution in [0.4, 0.5) is 5.00 Å². The third-order valence-electron chi connectivity index (χ3n) is 2.61. The molecule has 88 valence electrons. The summed E-state index contributed by atoms with van der Waals surface area (Å²) < 4.78 is 9.58. The lowest BCUT2D eigenvalue weighted by Gasteiger charge is -2.08. The van der Waals surface area contributed by atoms with E-state index in [0.29, 0.717) is 6.42 Å². The van der Waals surface area contributed by atoms with Crippen LogP contribution in [-0.2, 0) is 9.53 Å². The predicted octanol–water partition coefficient (Wildman–Crippen LogP) is 2.35. The number of carbonyl (C=O) groups excluding carboxylic acids is 1. The summed E-state index contributed by atoms with van der Waals surface area (Å²) in [5.41, 5.74) is 0.944. The molecule has 4 nitrogen and oxygen atoms in total. The summed E-state index contributed by atoms with van der Waals surface area (Å²) in [5.74, 6) is 0.0548. The van der Waals surface area contributed by atoms with Gasteiger partial charge in [-0.2, -0.15) is 4.37 Å². The highest BCUT2D eigenvalue weighted by molar-refractivity contribution is 7.10. The van der Waals surface area contributed by atoms with Gasteiger partial charge < -0.3 is 10.1 Å². The molecule has 16 heavy (non-hydrogen) atoms. The highest BCUT2D eigenvalue weighted by Gasteiger charge is 2.16. The van der Waals surface area contributed by atoms with E-state index in [9.17, 15) is 4.79 Å². The number of amides is 1. The Morgan fingerprint density at radius 3 is 3.25 bits per heavy atom. The van der Waals surface area contributed by atoms with Gasteiger partial charge in [0.05, 0.1) is 11.8 Å². The molecule has 0 spiro atoms. The number of hydrogen-bond donors (Lipinski definition) is 1. The monoisotopic (exact) mass is 240 g/mol. The van der Waals surface area contributed by atoms with Crippen LogP contribution in [0.1, 0.15) is 31.4 Å². The van der Waals surface area contributed by atoms with Crippen LogP contribution in [0.3, 0.4) is 0 Å². The number of rotatable bonds is 4. The van der Waals surface area contributed by atoms with E-state index < -0.39 is 0 Å². The second-order valence-corrected chi connectivity index (χ2v) is 4.86. The maximum Gasteiger partial charge on any atom is 0.225 e. The van der Waals surface area contributed by atoms with E-state index in [-0.39, 0.29) is 12.0 Å². The summed E-state index contributed by atoms with van der Waals surface area (Å²) in [6, 6.07) is 1.88. The minimum Gasteiger partial charge on any atom is -0.378 e. The summed E-state index contributed by atoms with van der Waals surface area (Å²) in [5, 5.41) is 3.68. The molecule has 2 rings (SSSR count). The van der Waals surface area contributed by atoms with Crippen molar-refractivity contribution in [3.8, 4) is 0 Å². The molecular formula is C11H16N2O2S. The normalized spacial score (nSPS) is 19.9. The molecule has 2 heterocycles. The Hall–Kier alpha value is -0.940. The van der Waals surface area contributed by atoms with Crippen LogP contribution in [0, 0.1) is 6.92 Å². The van der Waals surface area contributed by atoms with E-state index in [1.54, 1.807) is 0 Å². The molecule has 0 saturated carbocycles. The van der Waals surface area contributed by atoms with Gasteiger partial charge in [0.1, 0.15) is 5.00 Å². The standard InChI is InChI=1S/C11H16N2O2S/c1-8-7-11(16-13-8)12-10(14)5-4-9-3-2-6-15-9/h7,9H,2-6H2,1H3,(H,12,14)/t9-/m1/s1. The first kappa shape index (κ1) is 11.5. The highest BCUT2D eigenvalue weighted by Crippen LogP contribution is 2.19. The summed E-state index contributed by atoms with van der Waals surface area (Å²) in [6.07, 6.45) is 3.85. The van der Waals surface area contributed by atoms with Gasteiger partial charge in [-0.3, -0.25) is 4.79 Å². The lowest BCUT2D eigenvalue weighted by molar-refractivity contribution is -0.116. The first-order chi connectivity index (χ1) is 7.74. The van der Waals surface area contributed by atoms with E-state index in [1.807, 2.05) is 13.0 Å². The number of aromatic nitrogens is 1. The fraction of sp³-hybridized carbons (Fsp3) is 0.636. The highest BCUT2D eigenvalue weighted by atomic mass is 32.1. The van der Waals surface area contributed by atoms with E-state index in [2.05, 4.69) is 9.69 Å². The number of nitrogens with zero attached hydrogens (tertiary/aromatic N) is 1. The third-order valence-corrected chi connectivity index (χ3v) is 3.40. The molecule has 1 aliphatic rings. The quantitative estimate of drug-likeness (QED) is 0.879. The van der Waals surface area contributed by atoms with Crippen LogP contribution in [-0.4, -0.2) is 23.0 Å². The molecule has 0 bridgehead atoms. The first-order valence-electron chi connectivity index (χ1n) is 5.59. The zero-order valence-electron chi connectivity index (χ0n) is 9.36. The van der Waals surface area contributed by atoms with E-state index in [4.69, 9.17) is 4.74 Å². The summed E-state index contributed by atoms with van der Waals surface area (Å²) >= 11 is 1.32. The van der Waals surface area contributed by atoms with Crippen LogP contribution < -0.4 is 5.32 Å². The van der Waals surface area contributed by atoms with Crippen LogP contribution in [0.15, 0.2) is 6.07 Å². The van der Waals surface area contributed by atoms with Gasteiger partial charge in [0.15, 0.2) is 0 Å². The van der Waals surface area contributed by atoms with Crippen molar-refractivity contribution in [3.63, 3.8) is 0 Å². The molecule has 0 radical (unpaired) electrons. The van der Waals surface area contributed by atoms with Crippen molar-refractivity contribution in [2.75, 3.05) is 11.9 Å². The van der Waals surface area contributed by atoms with Gasteiger partial charge >= 0.3 is 0 Å². The summed E-state index contributed by atoms with van der Waals surface area (Å²) in [6.45, 7) is 2.76. The number of ether oxygens (including phenoxy) is 1. The first-order valence-corrected chi connectivity index (χ1v) is 6.36. The minimum absolute atomic E-state index is 0.0548. The van der Waals surface area contributed by atoms with E-state index >= 15 is 0 Å². The molecule has 0 aliphatic carbocycles. The average molecular weight is 240 g/mol. The fourth-order valence-electron chi connectivity index (χ4n) is 1.79. The second-order valence-electron chi connectivity index (χ2n) is 4.05. The Balaban J connectivity index is 1.71. The molecule has 5 heteroatoms. The van der Waals surface area contributed by atoms with Gasteiger partial charge in [0.2, 0.25) is 5.91 Å². The van der Waals surface area contributed by atoms with Gasteiger partial charge in [0, 0.05) is 13.0 Å². The predicted molar refractivity (Wildman–Crippen MR) is 63.7 cm³/mol. The number of nitrogens with one attached hydrogen (secondary N) is 1. The molecule has 1 saturated heterocycles. The number of anilines is 1. The van der Waals surface area contributed by atoms with Crippen LogP contribution in [0.2, 0.25) is 0 Å². The number of aryl methyl sites for hydroxylation is 1. The second kappa shape index (κ2) is 5.41. The molecule has 1 atom stereocenters. The van der Waals surface area contributed by atoms with Crippen molar-refractivity contribution in [2.45, 2.75) is 38.7 Å². The molecule has 1 aromatic rings. The smallest absolute Gasteiger partial charge is 0.225 e. The van der Waals surface area contributed by atoms with Gasteiger partial charge in [0.25, 0.3) is 0 Å². The Labute approximate surface area is 99.2 Å². The molecule has 1 aromatic heterocycles. The van der Waals surface area contributed by atoms with Crippen molar-refractivity contribution in [3.05, 3.63) is 11.8 Å². The van der Waals surface area contributed by atoms with E-state index in [1.165, 1.54) is 11.5 Å². The van der Waals surface area contributed by atoms with Gasteiger partial charge in [-0.1, -0.05) is 0 Å². The fourth-order valence-corrected chi connectivity index (χ4v) is 2.46. The maximum absolute atomic E-state index is 11.6. The topological polar surface area (TPSA) is 51.2 Å². The minimum atomic E-state index is 0.0548. The number of carbonyl (C=O) groups is 1. The average Bonchev–Trinajstić information content (AvgIpc) is 2.87. The van der Waals surface area contributed by atoms with Crippen molar-refractivity contribution in [2.24, 2.45) is 0 Å². The number of hydrogen-bond acceptors (Lipinski definition) is 4. The van der Waals surface area contributed by atoms with Crippen molar-refractivity contribution < 1.29 is 9.53 Å².